The van der Waals surface area contributed by atoms with Crippen molar-refractivity contribution in [3.63, 3.8) is 0 Å². The van der Waals surface area contributed by atoms with Crippen LogP contribution in [0.15, 0.2) is 182 Å². The molecule has 0 saturated heterocycles. The molecule has 47 nitrogen and oxygen atoms in total. The molecule has 2 aliphatic rings. The maximum Gasteiger partial charge on any atom is 0.373 e. The number of aliphatic carboxylic acids is 12. The van der Waals surface area contributed by atoms with Gasteiger partial charge in [0.05, 0.1) is 55.9 Å². The molecule has 1 aliphatic carbocycles. The number of aromatic nitrogens is 2. The Morgan fingerprint density at radius 1 is 0.336 bits per heavy atom. The Kier molecular flexibility index (Phi) is 35.7. The fourth-order valence-corrected chi connectivity index (χ4v) is 15.3. The molecule has 764 valence electrons. The van der Waals surface area contributed by atoms with Crippen molar-refractivity contribution in [2.75, 3.05) is 148 Å². The standard InChI is InChI=1S/C36H30Cl2N2O13.C32H31N3O12.C29H27N3O14/c1-18-2-4-24(39(14-32(43)44)15-33(45)46)30(8-18)51-6-7-52-31-9-19(3-5-25(31)40(16-34(47)48)17-35(49)50)36-20-10-22(37)26(41)12-28(20)53-29-13-27(42)23(38)11-21(29)36;1-18-2-6-24(34(14-28(36)37)15-29(38)39)26(10-18)46-8-9-47-27-13-20(5-7-25(27)35(16-30(40)41)17-31(42)43)22-11-19-3-4-21(32(44)45)12-23(19)33-22;1-15-2-3-17(31(11-24(33)34)12-25(35)36)20(6-15)43-4-5-44-21-7-16-8-22(28-30-10-23(46-28)29(41)42)45-19(16)9-18(21)32(13-26(37)38)14-27(39)40/h2-5,8-13,41H,6-7,14-17H2,1H3,(H,43,44)(H,45,46)(H,47,48)(H,49,50);2-7,10-13,33H,8-9,14-17H2,1H3,(H,36,37)(H,38,39)(H,40,41)(H,42,43)(H,44,45);2-3,6-10H,4-5,11-14H2,1H3,(H,33,34)(H,35,36)(H,37,38)(H,39,40)(H,41,42). The SMILES string of the molecule is Cc1ccc(N(CC(=O)O)CC(=O)O)c(OCCOc2cc(-c3c4cc(Cl)c(=O)cc-4oc4cc(O)c(Cl)cc34)ccc2N(CC(=O)O)CC(=O)O)c1.Cc1ccc(N(CC(=O)O)CC(=O)O)c(OCCOc2cc(-c3cc4ccc(C(=O)O)cc4[nH]3)ccc2N(CC(=O)O)CC(=O)O)c1.Cc1ccc(N(CC(=O)O)CC(=O)O)c(OCCOc2cc3cc(-c4ncc(C(=O)O)o4)oc3cc2N(CC(=O)O)CC(=O)O)c1. The van der Waals surface area contributed by atoms with Crippen LogP contribution in [0.1, 0.15) is 37.6 Å². The average molecular weight is 2060 g/mol. The van der Waals surface area contributed by atoms with E-state index < -0.39 is 173 Å². The summed E-state index contributed by atoms with van der Waals surface area (Å²) >= 11 is 12.5. The number of aromatic carboxylic acids is 2. The number of phenolic OH excluding ortho intramolecular Hbond substituents is 1. The van der Waals surface area contributed by atoms with E-state index in [4.69, 9.17) is 70.0 Å². The first kappa shape index (κ1) is 108. The number of phenols is 1. The molecule has 1 aliphatic heterocycles. The topological polar surface area (TPSA) is 702 Å². The summed E-state index contributed by atoms with van der Waals surface area (Å²) in [4.78, 5) is 187. The molecule has 49 heteroatoms. The quantitative estimate of drug-likeness (QED) is 0.0124. The Morgan fingerprint density at radius 3 is 1.07 bits per heavy atom. The Labute approximate surface area is 831 Å². The predicted octanol–water partition coefficient (Wildman–Crippen LogP) is 11.0. The van der Waals surface area contributed by atoms with E-state index in [-0.39, 0.29) is 158 Å². The number of H-pyrrole nitrogens is 1. The van der Waals surface area contributed by atoms with Gasteiger partial charge in [0.1, 0.15) is 175 Å². The van der Waals surface area contributed by atoms with Gasteiger partial charge in [0.25, 0.3) is 5.89 Å². The minimum Gasteiger partial charge on any atom is -0.506 e. The van der Waals surface area contributed by atoms with Crippen molar-refractivity contribution in [2.24, 2.45) is 0 Å². The molecule has 0 radical (unpaired) electrons. The summed E-state index contributed by atoms with van der Waals surface area (Å²) in [7, 11) is 0. The lowest BCUT2D eigenvalue weighted by molar-refractivity contribution is -0.138. The van der Waals surface area contributed by atoms with Gasteiger partial charge in [-0.05, 0) is 146 Å². The summed E-state index contributed by atoms with van der Waals surface area (Å²) < 4.78 is 52.6. The largest absolute Gasteiger partial charge is 0.506 e. The lowest BCUT2D eigenvalue weighted by atomic mass is 9.93. The summed E-state index contributed by atoms with van der Waals surface area (Å²) in [5.74, 6) is -17.7. The number of aryl methyl sites for hydroxylation is 3. The summed E-state index contributed by atoms with van der Waals surface area (Å²) in [5.41, 5.74) is 6.03. The van der Waals surface area contributed by atoms with Crippen LogP contribution in [0.3, 0.4) is 0 Å². The Bertz CT molecular complexity index is 7140. The van der Waals surface area contributed by atoms with Gasteiger partial charge < -0.3 is 153 Å². The zero-order valence-corrected chi connectivity index (χ0v) is 78.2. The van der Waals surface area contributed by atoms with Crippen LogP contribution in [0.4, 0.5) is 34.1 Å². The first-order chi connectivity index (χ1) is 69.2. The summed E-state index contributed by atoms with van der Waals surface area (Å²) in [6, 6.07) is 39.7. The molecule has 0 saturated carbocycles. The Morgan fingerprint density at radius 2 is 0.692 bits per heavy atom. The van der Waals surface area contributed by atoms with E-state index >= 15 is 0 Å². The van der Waals surface area contributed by atoms with Crippen LogP contribution in [0.5, 0.6) is 40.2 Å². The van der Waals surface area contributed by atoms with E-state index in [0.29, 0.717) is 44.2 Å². The normalized spacial score (nSPS) is 10.9. The van der Waals surface area contributed by atoms with Crippen LogP contribution in [-0.2, 0) is 57.5 Å². The second-order valence-corrected chi connectivity index (χ2v) is 32.7. The number of benzene rings is 9. The molecule has 0 atom stereocenters. The highest BCUT2D eigenvalue weighted by molar-refractivity contribution is 6.33. The minimum atomic E-state index is -1.35. The third-order valence-corrected chi connectivity index (χ3v) is 21.5. The van der Waals surface area contributed by atoms with Gasteiger partial charge in [0, 0.05) is 62.3 Å². The fraction of sp³-hybridized carbons (Fsp3) is 0.216. The van der Waals surface area contributed by atoms with E-state index in [9.17, 15) is 143 Å². The second kappa shape index (κ2) is 48.5. The zero-order chi connectivity index (χ0) is 106. The third kappa shape index (κ3) is 29.2. The smallest absolute Gasteiger partial charge is 0.373 e. The molecular formula is C97H88Cl2N8O39. The van der Waals surface area contributed by atoms with Gasteiger partial charge in [0.2, 0.25) is 11.2 Å². The van der Waals surface area contributed by atoms with Crippen LogP contribution in [0.2, 0.25) is 10.0 Å². The van der Waals surface area contributed by atoms with Crippen molar-refractivity contribution >= 4 is 174 Å². The summed E-state index contributed by atoms with van der Waals surface area (Å²) in [5, 5.41) is 143. The average Bonchev–Trinajstić information content (AvgIpc) is 0.928. The molecule has 3 aromatic heterocycles. The summed E-state index contributed by atoms with van der Waals surface area (Å²) in [6.07, 6.45) is 0.995. The van der Waals surface area contributed by atoms with Gasteiger partial charge in [-0.15, -0.1) is 0 Å². The number of aromatic amines is 1. The van der Waals surface area contributed by atoms with Crippen molar-refractivity contribution < 1.29 is 185 Å². The highest BCUT2D eigenvalue weighted by atomic mass is 35.5. The summed E-state index contributed by atoms with van der Waals surface area (Å²) in [6.45, 7) is -3.44. The number of carboxylic acids is 14. The van der Waals surface area contributed by atoms with Crippen LogP contribution in [0.25, 0.3) is 78.2 Å². The number of fused-ring (bicyclic) bond motifs is 4. The zero-order valence-electron chi connectivity index (χ0n) is 76.7. The van der Waals surface area contributed by atoms with Crippen LogP contribution in [0, 0.1) is 20.8 Å². The second-order valence-electron chi connectivity index (χ2n) is 31.9. The van der Waals surface area contributed by atoms with Crippen molar-refractivity contribution in [1.82, 2.24) is 9.97 Å². The lowest BCUT2D eigenvalue weighted by Gasteiger charge is -2.25. The van der Waals surface area contributed by atoms with Crippen molar-refractivity contribution in [1.29, 1.82) is 0 Å². The van der Waals surface area contributed by atoms with Crippen LogP contribution >= 0.6 is 23.2 Å². The Hall–Kier alpha value is -18.7. The van der Waals surface area contributed by atoms with Gasteiger partial charge >= 0.3 is 83.6 Å². The lowest BCUT2D eigenvalue weighted by Crippen LogP contribution is -2.35. The van der Waals surface area contributed by atoms with E-state index in [0.717, 1.165) is 57.7 Å². The van der Waals surface area contributed by atoms with Crippen LogP contribution < -0.4 is 63.2 Å². The maximum absolute atomic E-state index is 12.5. The molecule has 4 heterocycles. The number of nitrogens with one attached hydrogen (secondary N) is 1. The van der Waals surface area contributed by atoms with E-state index in [1.807, 2.05) is 0 Å². The van der Waals surface area contributed by atoms with Gasteiger partial charge in [-0.1, -0.05) is 59.6 Å². The van der Waals surface area contributed by atoms with E-state index in [2.05, 4.69) is 9.97 Å². The van der Waals surface area contributed by atoms with Crippen molar-refractivity contribution in [2.45, 2.75) is 20.8 Å². The highest BCUT2D eigenvalue weighted by Crippen LogP contribution is 2.47. The number of anilines is 6. The fourth-order valence-electron chi connectivity index (χ4n) is 15.0. The number of hydrogen-bond acceptors (Lipinski definition) is 32. The first-order valence-electron chi connectivity index (χ1n) is 42.9. The molecule has 11 aromatic rings. The number of carboxylic acid groups (broad SMARTS) is 14. The number of ether oxygens (including phenoxy) is 6. The first-order valence-corrected chi connectivity index (χ1v) is 43.7. The molecule has 0 spiro atoms. The van der Waals surface area contributed by atoms with Gasteiger partial charge in [0.15, 0.2) is 5.76 Å². The maximum atomic E-state index is 12.5. The third-order valence-electron chi connectivity index (χ3n) is 20.9. The van der Waals surface area contributed by atoms with E-state index in [1.54, 1.807) is 93.6 Å². The number of aromatic hydroxyl groups is 1. The van der Waals surface area contributed by atoms with Gasteiger partial charge in [-0.25, -0.2) is 14.6 Å². The van der Waals surface area contributed by atoms with Gasteiger partial charge in [-0.3, -0.25) is 62.3 Å². The van der Waals surface area contributed by atoms with Crippen molar-refractivity contribution in [3.05, 3.63) is 212 Å². The number of rotatable bonds is 50. The number of hydrogen-bond donors (Lipinski definition) is 16. The number of furan rings is 1. The molecule has 0 bridgehead atoms. The van der Waals surface area contributed by atoms with Crippen molar-refractivity contribution in [3.8, 4) is 85.6 Å². The molecule has 0 fully saturated rings. The molecule has 16 N–H and O–H groups in total. The molecule has 0 unspecified atom stereocenters. The molecule has 13 rings (SSSR count). The number of carbonyl (C=O) groups is 14. The number of halogens is 2. The molecular weight excluding hydrogens is 1970 g/mol. The highest BCUT2D eigenvalue weighted by Gasteiger charge is 2.31. The number of oxazole rings is 1. The molecule has 146 heavy (non-hydrogen) atoms. The van der Waals surface area contributed by atoms with Crippen LogP contribution in [-0.4, -0.2) is 288 Å². The van der Waals surface area contributed by atoms with Gasteiger partial charge in [-0.2, -0.15) is 0 Å². The minimum absolute atomic E-state index is 0.0139. The van der Waals surface area contributed by atoms with E-state index in [1.165, 1.54) is 84.9 Å². The monoisotopic (exact) mass is 2060 g/mol. The molecule has 8 aromatic carbocycles. The number of nitrogens with zero attached hydrogens (tertiary/aromatic N) is 7. The predicted molar refractivity (Wildman–Crippen MR) is 517 cm³/mol. The Balaban J connectivity index is 0.000000209. The molecule has 0 amide bonds.